The lowest BCUT2D eigenvalue weighted by atomic mass is 10.2. The van der Waals surface area contributed by atoms with Crippen molar-refractivity contribution in [3.05, 3.63) is 28.0 Å². The largest absolute Gasteiger partial charge is 0.383 e. The van der Waals surface area contributed by atoms with Crippen LogP contribution in [-0.2, 0) is 4.74 Å². The van der Waals surface area contributed by atoms with E-state index in [0.29, 0.717) is 12.2 Å². The number of carbonyl (C=O) groups excluding carboxylic acids is 1. The topological polar surface area (TPSA) is 42.4 Å². The predicted molar refractivity (Wildman–Crippen MR) is 67.7 cm³/mol. The van der Waals surface area contributed by atoms with Crippen LogP contribution in [0.25, 0.3) is 0 Å². The zero-order valence-corrected chi connectivity index (χ0v) is 11.4. The molecule has 0 aliphatic rings. The molecule has 1 aromatic heterocycles. The minimum atomic E-state index is -0.205. The summed E-state index contributed by atoms with van der Waals surface area (Å²) in [7, 11) is 3.28. The zero-order chi connectivity index (χ0) is 13.0. The van der Waals surface area contributed by atoms with Gasteiger partial charge in [-0.05, 0) is 13.0 Å². The summed E-state index contributed by atoms with van der Waals surface area (Å²) in [4.78, 5) is 17.5. The third-order valence-electron chi connectivity index (χ3n) is 2.44. The molecule has 1 atom stereocenters. The second-order valence-corrected chi connectivity index (χ2v) is 4.50. The Balaban J connectivity index is 2.92. The number of ether oxygens (including phenoxy) is 1. The van der Waals surface area contributed by atoms with Crippen molar-refractivity contribution in [3.8, 4) is 0 Å². The number of rotatable bonds is 4. The Morgan fingerprint density at radius 2 is 2.24 bits per heavy atom. The van der Waals surface area contributed by atoms with E-state index in [9.17, 15) is 4.79 Å². The minimum Gasteiger partial charge on any atom is -0.383 e. The number of nitrogens with zero attached hydrogens (tertiary/aromatic N) is 2. The molecule has 1 heterocycles. The summed E-state index contributed by atoms with van der Waals surface area (Å²) in [5.41, 5.74) is 0.345. The van der Waals surface area contributed by atoms with Gasteiger partial charge in [-0.25, -0.2) is 4.98 Å². The maximum atomic E-state index is 12.1. The van der Waals surface area contributed by atoms with Crippen LogP contribution >= 0.6 is 23.2 Å². The standard InChI is InChI=1S/C11H14Cl2N2O2/c1-7(6-17-3)15(2)11(16)8-4-10(13)14-5-9(8)12/h4-5,7H,6H2,1-3H3. The Labute approximate surface area is 110 Å². The second-order valence-electron chi connectivity index (χ2n) is 3.71. The molecule has 1 rings (SSSR count). The molecule has 94 valence electrons. The summed E-state index contributed by atoms with van der Waals surface area (Å²) in [6.45, 7) is 2.34. The molecule has 0 N–H and O–H groups in total. The number of methoxy groups -OCH3 is 1. The molecular formula is C11H14Cl2N2O2. The van der Waals surface area contributed by atoms with Gasteiger partial charge in [-0.1, -0.05) is 23.2 Å². The van der Waals surface area contributed by atoms with Crippen LogP contribution in [0, 0.1) is 0 Å². The highest BCUT2D eigenvalue weighted by Crippen LogP contribution is 2.20. The lowest BCUT2D eigenvalue weighted by Crippen LogP contribution is -2.38. The van der Waals surface area contributed by atoms with E-state index in [0.717, 1.165) is 0 Å². The van der Waals surface area contributed by atoms with Crippen molar-refractivity contribution in [1.29, 1.82) is 0 Å². The van der Waals surface area contributed by atoms with Crippen molar-refractivity contribution in [2.75, 3.05) is 20.8 Å². The van der Waals surface area contributed by atoms with E-state index in [1.165, 1.54) is 12.3 Å². The molecule has 0 saturated carbocycles. The van der Waals surface area contributed by atoms with E-state index in [1.54, 1.807) is 19.1 Å². The van der Waals surface area contributed by atoms with Gasteiger partial charge in [0.25, 0.3) is 5.91 Å². The maximum absolute atomic E-state index is 12.1. The predicted octanol–water partition coefficient (Wildman–Crippen LogP) is 2.50. The summed E-state index contributed by atoms with van der Waals surface area (Å²) in [5.74, 6) is -0.205. The molecule has 0 saturated heterocycles. The average molecular weight is 277 g/mol. The fraction of sp³-hybridized carbons (Fsp3) is 0.455. The molecular weight excluding hydrogens is 263 g/mol. The van der Waals surface area contributed by atoms with Crippen LogP contribution in [0.5, 0.6) is 0 Å². The van der Waals surface area contributed by atoms with Crippen molar-refractivity contribution in [1.82, 2.24) is 9.88 Å². The fourth-order valence-corrected chi connectivity index (χ4v) is 1.66. The van der Waals surface area contributed by atoms with Crippen molar-refractivity contribution in [2.45, 2.75) is 13.0 Å². The van der Waals surface area contributed by atoms with Crippen molar-refractivity contribution in [2.24, 2.45) is 0 Å². The highest BCUT2D eigenvalue weighted by atomic mass is 35.5. The Hall–Kier alpha value is -0.840. The molecule has 1 amide bonds. The summed E-state index contributed by atoms with van der Waals surface area (Å²) >= 11 is 11.7. The van der Waals surface area contributed by atoms with Crippen LogP contribution in [0.2, 0.25) is 10.2 Å². The lowest BCUT2D eigenvalue weighted by Gasteiger charge is -2.24. The van der Waals surface area contributed by atoms with Crippen LogP contribution in [0.3, 0.4) is 0 Å². The first-order valence-electron chi connectivity index (χ1n) is 5.04. The van der Waals surface area contributed by atoms with Gasteiger partial charge in [0.05, 0.1) is 23.2 Å². The number of likely N-dealkylation sites (N-methyl/N-ethyl adjacent to an activating group) is 1. The first-order chi connectivity index (χ1) is 7.97. The normalized spacial score (nSPS) is 12.3. The summed E-state index contributed by atoms with van der Waals surface area (Å²) in [6, 6.07) is 1.41. The molecule has 0 aliphatic carbocycles. The zero-order valence-electron chi connectivity index (χ0n) is 9.91. The van der Waals surface area contributed by atoms with Gasteiger partial charge in [0, 0.05) is 20.4 Å². The van der Waals surface area contributed by atoms with E-state index in [1.807, 2.05) is 6.92 Å². The Morgan fingerprint density at radius 1 is 1.59 bits per heavy atom. The molecule has 0 fully saturated rings. The SMILES string of the molecule is COCC(C)N(C)C(=O)c1cc(Cl)ncc1Cl. The van der Waals surface area contributed by atoms with E-state index in [4.69, 9.17) is 27.9 Å². The van der Waals surface area contributed by atoms with Gasteiger partial charge in [0.15, 0.2) is 0 Å². The van der Waals surface area contributed by atoms with Gasteiger partial charge in [-0.2, -0.15) is 0 Å². The van der Waals surface area contributed by atoms with Gasteiger partial charge in [0.1, 0.15) is 5.15 Å². The van der Waals surface area contributed by atoms with Crippen LogP contribution in [-0.4, -0.2) is 42.6 Å². The number of amides is 1. The van der Waals surface area contributed by atoms with E-state index < -0.39 is 0 Å². The minimum absolute atomic E-state index is 0.0458. The van der Waals surface area contributed by atoms with Crippen LogP contribution in [0.4, 0.5) is 0 Å². The molecule has 0 aliphatic heterocycles. The molecule has 0 radical (unpaired) electrons. The van der Waals surface area contributed by atoms with Crippen LogP contribution in [0.1, 0.15) is 17.3 Å². The van der Waals surface area contributed by atoms with Gasteiger partial charge >= 0.3 is 0 Å². The van der Waals surface area contributed by atoms with Gasteiger partial charge in [0.2, 0.25) is 0 Å². The number of hydrogen-bond acceptors (Lipinski definition) is 3. The third-order valence-corrected chi connectivity index (χ3v) is 2.95. The molecule has 0 aromatic carbocycles. The first kappa shape index (κ1) is 14.2. The van der Waals surface area contributed by atoms with Gasteiger partial charge < -0.3 is 9.64 Å². The van der Waals surface area contributed by atoms with Gasteiger partial charge in [-0.3, -0.25) is 4.79 Å². The van der Waals surface area contributed by atoms with Crippen LogP contribution < -0.4 is 0 Å². The summed E-state index contributed by atoms with van der Waals surface area (Å²) in [6.07, 6.45) is 1.37. The molecule has 4 nitrogen and oxygen atoms in total. The fourth-order valence-electron chi connectivity index (χ4n) is 1.32. The molecule has 17 heavy (non-hydrogen) atoms. The number of pyridine rings is 1. The number of aromatic nitrogens is 1. The Morgan fingerprint density at radius 3 is 2.82 bits per heavy atom. The summed E-state index contributed by atoms with van der Waals surface area (Å²) < 4.78 is 5.00. The lowest BCUT2D eigenvalue weighted by molar-refractivity contribution is 0.0633. The molecule has 1 unspecified atom stereocenters. The van der Waals surface area contributed by atoms with Crippen molar-refractivity contribution >= 4 is 29.1 Å². The van der Waals surface area contributed by atoms with Crippen molar-refractivity contribution < 1.29 is 9.53 Å². The first-order valence-corrected chi connectivity index (χ1v) is 5.80. The monoisotopic (exact) mass is 276 g/mol. The molecule has 0 bridgehead atoms. The molecule has 1 aromatic rings. The third kappa shape index (κ3) is 3.56. The second kappa shape index (κ2) is 6.19. The highest BCUT2D eigenvalue weighted by molar-refractivity contribution is 6.35. The smallest absolute Gasteiger partial charge is 0.255 e. The highest BCUT2D eigenvalue weighted by Gasteiger charge is 2.20. The Bertz CT molecular complexity index is 412. The van der Waals surface area contributed by atoms with E-state index in [-0.39, 0.29) is 22.1 Å². The Kier molecular flexibility index (Phi) is 5.18. The summed E-state index contributed by atoms with van der Waals surface area (Å²) in [5, 5.41) is 0.529. The quantitative estimate of drug-likeness (QED) is 0.794. The van der Waals surface area contributed by atoms with Gasteiger partial charge in [-0.15, -0.1) is 0 Å². The molecule has 0 spiro atoms. The van der Waals surface area contributed by atoms with Crippen LogP contribution in [0.15, 0.2) is 12.3 Å². The van der Waals surface area contributed by atoms with E-state index in [2.05, 4.69) is 4.98 Å². The number of halogens is 2. The van der Waals surface area contributed by atoms with E-state index >= 15 is 0 Å². The maximum Gasteiger partial charge on any atom is 0.255 e. The van der Waals surface area contributed by atoms with Crippen molar-refractivity contribution in [3.63, 3.8) is 0 Å². The average Bonchev–Trinajstić information content (AvgIpc) is 2.30. The molecule has 6 heteroatoms. The number of carbonyl (C=O) groups is 1. The number of hydrogen-bond donors (Lipinski definition) is 0.